The number of nitrogens with one attached hydrogen (secondary N) is 2. The number of hydrogen-bond acceptors (Lipinski definition) is 8. The second kappa shape index (κ2) is 13.9. The van der Waals surface area contributed by atoms with Crippen molar-refractivity contribution < 1.29 is 33.4 Å². The molecule has 11 nitrogen and oxygen atoms in total. The number of aromatic nitrogens is 1. The van der Waals surface area contributed by atoms with Crippen molar-refractivity contribution in [2.45, 2.75) is 37.6 Å². The molecule has 0 bridgehead atoms. The van der Waals surface area contributed by atoms with E-state index in [1.807, 2.05) is 36.4 Å². The van der Waals surface area contributed by atoms with Crippen LogP contribution in [0.3, 0.4) is 0 Å². The molecule has 1 saturated heterocycles. The second-order valence-electron chi connectivity index (χ2n) is 10.1. The molecule has 0 radical (unpaired) electrons. The smallest absolute Gasteiger partial charge is 0.330 e. The highest BCUT2D eigenvalue weighted by molar-refractivity contribution is 6.05. The van der Waals surface area contributed by atoms with Gasteiger partial charge in [-0.2, -0.15) is 0 Å². The SMILES string of the molecule is COc1ccc(NC(=O)N(C[C@H]2O[C@H](Cc3cc(-c4ccccc4)on3)CC[C@@H]2O)C(=O)Nc2ccc(OC)cc2)cc1. The van der Waals surface area contributed by atoms with Gasteiger partial charge in [-0.15, -0.1) is 0 Å². The second-order valence-corrected chi connectivity index (χ2v) is 10.1. The standard InChI is InChI=1S/C32H34N4O7/c1-40-25-12-8-22(9-13-25)33-31(38)36(32(39)34-23-10-14-26(41-2)15-11-23)20-30-28(37)17-16-27(42-30)18-24-19-29(43-35-24)21-6-4-3-5-7-21/h3-15,19,27-28,30,37H,16-18,20H2,1-2H3,(H,33,38)(H,34,39)/t27-,28-,30+/m0/s1. The van der Waals surface area contributed by atoms with Gasteiger partial charge in [-0.1, -0.05) is 35.5 Å². The van der Waals surface area contributed by atoms with Gasteiger partial charge in [-0.25, -0.2) is 14.5 Å². The third kappa shape index (κ3) is 7.70. The van der Waals surface area contributed by atoms with Crippen molar-refractivity contribution in [3.05, 3.63) is 90.6 Å². The first-order valence-corrected chi connectivity index (χ1v) is 13.9. The van der Waals surface area contributed by atoms with Crippen molar-refractivity contribution in [1.29, 1.82) is 0 Å². The zero-order valence-corrected chi connectivity index (χ0v) is 23.9. The summed E-state index contributed by atoms with van der Waals surface area (Å²) in [4.78, 5) is 27.9. The molecule has 0 spiro atoms. The van der Waals surface area contributed by atoms with Crippen LogP contribution in [0.1, 0.15) is 18.5 Å². The number of urea groups is 2. The lowest BCUT2D eigenvalue weighted by Gasteiger charge is -2.36. The third-order valence-corrected chi connectivity index (χ3v) is 7.17. The van der Waals surface area contributed by atoms with Crippen molar-refractivity contribution in [2.75, 3.05) is 31.4 Å². The van der Waals surface area contributed by atoms with Crippen molar-refractivity contribution >= 4 is 23.4 Å². The van der Waals surface area contributed by atoms with Crippen LogP contribution in [-0.4, -0.2) is 66.3 Å². The highest BCUT2D eigenvalue weighted by Gasteiger charge is 2.35. The summed E-state index contributed by atoms with van der Waals surface area (Å²) in [6.45, 7) is -0.185. The minimum atomic E-state index is -0.876. The van der Waals surface area contributed by atoms with E-state index in [4.69, 9.17) is 18.7 Å². The minimum absolute atomic E-state index is 0.185. The molecular weight excluding hydrogens is 552 g/mol. The Morgan fingerprint density at radius 2 is 1.47 bits per heavy atom. The fourth-order valence-corrected chi connectivity index (χ4v) is 4.81. The molecule has 0 saturated carbocycles. The molecule has 43 heavy (non-hydrogen) atoms. The Balaban J connectivity index is 1.29. The van der Waals surface area contributed by atoms with Gasteiger partial charge in [0.2, 0.25) is 0 Å². The Morgan fingerprint density at radius 1 is 0.884 bits per heavy atom. The van der Waals surface area contributed by atoms with Crippen LogP contribution in [-0.2, 0) is 11.2 Å². The predicted octanol–water partition coefficient (Wildman–Crippen LogP) is 5.58. The Bertz CT molecular complexity index is 1430. The van der Waals surface area contributed by atoms with E-state index in [1.165, 1.54) is 0 Å². The molecule has 3 N–H and O–H groups in total. The van der Waals surface area contributed by atoms with Crippen LogP contribution in [0.5, 0.6) is 11.5 Å². The van der Waals surface area contributed by atoms with Crippen molar-refractivity contribution in [2.24, 2.45) is 0 Å². The Kier molecular flexibility index (Phi) is 9.55. The van der Waals surface area contributed by atoms with Gasteiger partial charge in [-0.3, -0.25) is 0 Å². The van der Waals surface area contributed by atoms with Crippen LogP contribution < -0.4 is 20.1 Å². The van der Waals surface area contributed by atoms with Crippen LogP contribution in [0.4, 0.5) is 21.0 Å². The summed E-state index contributed by atoms with van der Waals surface area (Å²) in [7, 11) is 3.10. The lowest BCUT2D eigenvalue weighted by Crippen LogP contribution is -2.52. The number of rotatable bonds is 9. The quantitative estimate of drug-likeness (QED) is 0.232. The van der Waals surface area contributed by atoms with E-state index in [9.17, 15) is 14.7 Å². The van der Waals surface area contributed by atoms with Gasteiger partial charge in [0.25, 0.3) is 0 Å². The highest BCUT2D eigenvalue weighted by Crippen LogP contribution is 2.26. The molecule has 1 aliphatic rings. The number of aliphatic hydroxyl groups is 1. The fraction of sp³-hybridized carbons (Fsp3) is 0.281. The van der Waals surface area contributed by atoms with Crippen molar-refractivity contribution in [3.63, 3.8) is 0 Å². The van der Waals surface area contributed by atoms with Gasteiger partial charge in [-0.05, 0) is 61.4 Å². The van der Waals surface area contributed by atoms with Gasteiger partial charge in [0.15, 0.2) is 5.76 Å². The Hall–Kier alpha value is -4.87. The predicted molar refractivity (Wildman–Crippen MR) is 160 cm³/mol. The van der Waals surface area contributed by atoms with Crippen molar-refractivity contribution in [1.82, 2.24) is 10.1 Å². The number of carbonyl (C=O) groups excluding carboxylic acids is 2. The number of imide groups is 1. The first-order chi connectivity index (χ1) is 20.9. The molecule has 1 aliphatic heterocycles. The molecule has 224 valence electrons. The van der Waals surface area contributed by atoms with E-state index in [0.29, 0.717) is 53.6 Å². The van der Waals surface area contributed by atoms with E-state index in [0.717, 1.165) is 10.5 Å². The molecule has 5 rings (SSSR count). The van der Waals surface area contributed by atoms with Gasteiger partial charge in [0.05, 0.1) is 38.7 Å². The van der Waals surface area contributed by atoms with Crippen LogP contribution >= 0.6 is 0 Å². The molecule has 4 amide bonds. The Labute approximate surface area is 249 Å². The summed E-state index contributed by atoms with van der Waals surface area (Å²) in [5, 5.41) is 20.5. The van der Waals surface area contributed by atoms with Crippen molar-refractivity contribution in [3.8, 4) is 22.8 Å². The van der Waals surface area contributed by atoms with Gasteiger partial charge in [0.1, 0.15) is 17.6 Å². The maximum atomic E-state index is 13.4. The zero-order valence-electron chi connectivity index (χ0n) is 23.9. The monoisotopic (exact) mass is 586 g/mol. The minimum Gasteiger partial charge on any atom is -0.497 e. The first kappa shape index (κ1) is 29.6. The normalized spacial score (nSPS) is 18.0. The van der Waals surface area contributed by atoms with E-state index in [-0.39, 0.29) is 12.6 Å². The molecule has 0 unspecified atom stereocenters. The van der Waals surface area contributed by atoms with Crippen LogP contribution in [0.15, 0.2) is 89.5 Å². The van der Waals surface area contributed by atoms with E-state index in [1.54, 1.807) is 62.8 Å². The van der Waals surface area contributed by atoms with Gasteiger partial charge >= 0.3 is 12.1 Å². The largest absolute Gasteiger partial charge is 0.497 e. The Morgan fingerprint density at radius 3 is 2.02 bits per heavy atom. The average Bonchev–Trinajstić information content (AvgIpc) is 3.50. The number of aliphatic hydroxyl groups excluding tert-OH is 1. The lowest BCUT2D eigenvalue weighted by atomic mass is 9.97. The van der Waals surface area contributed by atoms with Crippen LogP contribution in [0.25, 0.3) is 11.3 Å². The number of amides is 4. The number of carbonyl (C=O) groups is 2. The zero-order chi connectivity index (χ0) is 30.2. The van der Waals surface area contributed by atoms with Gasteiger partial charge in [0, 0.05) is 29.4 Å². The highest BCUT2D eigenvalue weighted by atomic mass is 16.5. The number of benzene rings is 3. The van der Waals surface area contributed by atoms with E-state index >= 15 is 0 Å². The molecule has 3 atom stereocenters. The lowest BCUT2D eigenvalue weighted by molar-refractivity contribution is -0.119. The van der Waals surface area contributed by atoms with E-state index < -0.39 is 24.3 Å². The molecule has 4 aromatic rings. The molecular formula is C32H34N4O7. The summed E-state index contributed by atoms with van der Waals surface area (Å²) in [6.07, 6.45) is -0.511. The molecule has 11 heteroatoms. The molecule has 1 fully saturated rings. The molecule has 0 aliphatic carbocycles. The molecule has 3 aromatic carbocycles. The summed E-state index contributed by atoms with van der Waals surface area (Å²) in [5.74, 6) is 1.90. The van der Waals surface area contributed by atoms with Crippen LogP contribution in [0, 0.1) is 0 Å². The third-order valence-electron chi connectivity index (χ3n) is 7.17. The maximum Gasteiger partial charge on any atom is 0.330 e. The average molecular weight is 587 g/mol. The number of nitrogens with zero attached hydrogens (tertiary/aromatic N) is 2. The number of ether oxygens (including phenoxy) is 3. The van der Waals surface area contributed by atoms with Gasteiger partial charge < -0.3 is 34.5 Å². The summed E-state index contributed by atoms with van der Waals surface area (Å²) >= 11 is 0. The number of anilines is 2. The topological polar surface area (TPSA) is 135 Å². The number of hydrogen-bond donors (Lipinski definition) is 3. The summed E-state index contributed by atoms with van der Waals surface area (Å²) < 4.78 is 22.1. The summed E-state index contributed by atoms with van der Waals surface area (Å²) in [5.41, 5.74) is 2.57. The van der Waals surface area contributed by atoms with Crippen LogP contribution in [0.2, 0.25) is 0 Å². The molecule has 2 heterocycles. The maximum absolute atomic E-state index is 13.4. The van der Waals surface area contributed by atoms with E-state index in [2.05, 4.69) is 15.8 Å². The molecule has 1 aromatic heterocycles. The summed E-state index contributed by atoms with van der Waals surface area (Å²) in [6, 6.07) is 23.6. The fourth-order valence-electron chi connectivity index (χ4n) is 4.81. The first-order valence-electron chi connectivity index (χ1n) is 13.9. The number of methoxy groups -OCH3 is 2.